The van der Waals surface area contributed by atoms with Gasteiger partial charge in [0.2, 0.25) is 0 Å². The van der Waals surface area contributed by atoms with E-state index in [0.29, 0.717) is 0 Å². The van der Waals surface area contributed by atoms with E-state index in [2.05, 4.69) is 34.5 Å². The predicted octanol–water partition coefficient (Wildman–Crippen LogP) is 3.34. The Morgan fingerprint density at radius 3 is 2.89 bits per heavy atom. The molecular formula is C12H12IN3O2. The fourth-order valence-electron chi connectivity index (χ4n) is 1.77. The maximum Gasteiger partial charge on any atom is 0.270 e. The maximum absolute atomic E-state index is 10.7. The number of hydrogen-bond donors (Lipinski definition) is 0. The molecule has 1 aromatic carbocycles. The largest absolute Gasteiger partial charge is 0.303 e. The van der Waals surface area contributed by atoms with Gasteiger partial charge in [0.05, 0.1) is 10.6 Å². The summed E-state index contributed by atoms with van der Waals surface area (Å²) in [7, 11) is 0. The summed E-state index contributed by atoms with van der Waals surface area (Å²) in [6.07, 6.45) is 5.54. The molecule has 6 heteroatoms. The molecule has 0 atom stereocenters. The predicted molar refractivity (Wildman–Crippen MR) is 76.9 cm³/mol. The van der Waals surface area contributed by atoms with Crippen LogP contribution in [-0.2, 0) is 6.42 Å². The van der Waals surface area contributed by atoms with Crippen LogP contribution in [0.2, 0.25) is 0 Å². The van der Waals surface area contributed by atoms with E-state index in [1.807, 2.05) is 10.8 Å². The quantitative estimate of drug-likeness (QED) is 0.479. The molecule has 0 aliphatic rings. The lowest BCUT2D eigenvalue weighted by atomic mass is 10.2. The molecule has 0 aliphatic carbocycles. The second-order valence-electron chi connectivity index (χ2n) is 3.86. The first kappa shape index (κ1) is 13.0. The second kappa shape index (κ2) is 5.47. The van der Waals surface area contributed by atoms with Gasteiger partial charge in [-0.05, 0) is 35.1 Å². The van der Waals surface area contributed by atoms with Crippen molar-refractivity contribution in [2.75, 3.05) is 0 Å². The lowest BCUT2D eigenvalue weighted by Crippen LogP contribution is -2.02. The van der Waals surface area contributed by atoms with Gasteiger partial charge in [0.1, 0.15) is 5.82 Å². The fraction of sp³-hybridized carbons (Fsp3) is 0.250. The summed E-state index contributed by atoms with van der Waals surface area (Å²) in [6, 6.07) is 4.86. The first-order valence-corrected chi connectivity index (χ1v) is 6.68. The average molecular weight is 357 g/mol. The minimum Gasteiger partial charge on any atom is -0.303 e. The summed E-state index contributed by atoms with van der Waals surface area (Å²) in [4.78, 5) is 14.6. The number of nitro groups is 1. The van der Waals surface area contributed by atoms with Gasteiger partial charge in [-0.2, -0.15) is 0 Å². The van der Waals surface area contributed by atoms with E-state index < -0.39 is 0 Å². The molecule has 1 heterocycles. The monoisotopic (exact) mass is 357 g/mol. The number of benzene rings is 1. The summed E-state index contributed by atoms with van der Waals surface area (Å²) in [6.45, 7) is 2.10. The zero-order valence-electron chi connectivity index (χ0n) is 9.84. The van der Waals surface area contributed by atoms with Crippen molar-refractivity contribution in [3.63, 3.8) is 0 Å². The highest BCUT2D eigenvalue weighted by molar-refractivity contribution is 14.1. The highest BCUT2D eigenvalue weighted by atomic mass is 127. The van der Waals surface area contributed by atoms with E-state index in [1.54, 1.807) is 18.3 Å². The highest BCUT2D eigenvalue weighted by Crippen LogP contribution is 2.23. The van der Waals surface area contributed by atoms with Crippen molar-refractivity contribution in [1.82, 2.24) is 9.55 Å². The third-order valence-electron chi connectivity index (χ3n) is 2.59. The van der Waals surface area contributed by atoms with Crippen molar-refractivity contribution in [2.45, 2.75) is 19.8 Å². The minimum atomic E-state index is -0.382. The molecule has 0 saturated carbocycles. The molecule has 0 N–H and O–H groups in total. The zero-order valence-corrected chi connectivity index (χ0v) is 12.0. The molecule has 5 nitrogen and oxygen atoms in total. The van der Waals surface area contributed by atoms with Gasteiger partial charge in [-0.1, -0.05) is 6.92 Å². The molecule has 94 valence electrons. The van der Waals surface area contributed by atoms with Crippen molar-refractivity contribution in [2.24, 2.45) is 0 Å². The Labute approximate surface area is 118 Å². The number of hydrogen-bond acceptors (Lipinski definition) is 3. The molecular weight excluding hydrogens is 345 g/mol. The molecule has 0 spiro atoms. The number of rotatable bonds is 4. The second-order valence-corrected chi connectivity index (χ2v) is 5.02. The Balaban J connectivity index is 2.44. The van der Waals surface area contributed by atoms with Crippen LogP contribution in [0.5, 0.6) is 0 Å². The number of aromatic nitrogens is 2. The van der Waals surface area contributed by atoms with Gasteiger partial charge in [0, 0.05) is 34.5 Å². The molecule has 0 bridgehead atoms. The van der Waals surface area contributed by atoms with E-state index >= 15 is 0 Å². The minimum absolute atomic E-state index is 0.111. The van der Waals surface area contributed by atoms with E-state index in [-0.39, 0.29) is 10.6 Å². The van der Waals surface area contributed by atoms with Crippen LogP contribution >= 0.6 is 22.6 Å². The molecule has 2 aromatic rings. The third kappa shape index (κ3) is 2.53. The molecule has 1 aromatic heterocycles. The Morgan fingerprint density at radius 2 is 2.28 bits per heavy atom. The first-order valence-electron chi connectivity index (χ1n) is 5.60. The van der Waals surface area contributed by atoms with Gasteiger partial charge >= 0.3 is 0 Å². The van der Waals surface area contributed by atoms with Crippen molar-refractivity contribution in [3.05, 3.63) is 50.1 Å². The molecule has 0 fully saturated rings. The van der Waals surface area contributed by atoms with Gasteiger partial charge in [-0.15, -0.1) is 0 Å². The van der Waals surface area contributed by atoms with Crippen LogP contribution in [-0.4, -0.2) is 14.5 Å². The van der Waals surface area contributed by atoms with Crippen LogP contribution in [0.4, 0.5) is 5.69 Å². The van der Waals surface area contributed by atoms with Gasteiger partial charge in [0.15, 0.2) is 0 Å². The zero-order chi connectivity index (χ0) is 13.1. The number of nitro benzene ring substituents is 1. The molecule has 0 radical (unpaired) electrons. The Morgan fingerprint density at radius 1 is 1.50 bits per heavy atom. The normalized spacial score (nSPS) is 10.6. The molecule has 2 rings (SSSR count). The Kier molecular flexibility index (Phi) is 3.95. The molecule has 0 amide bonds. The number of imidazole rings is 1. The van der Waals surface area contributed by atoms with Crippen LogP contribution in [0.25, 0.3) is 5.69 Å². The summed E-state index contributed by atoms with van der Waals surface area (Å²) in [5.74, 6) is 0.976. The van der Waals surface area contributed by atoms with Crippen molar-refractivity contribution in [1.29, 1.82) is 0 Å². The maximum atomic E-state index is 10.7. The van der Waals surface area contributed by atoms with Crippen LogP contribution in [0, 0.1) is 13.7 Å². The van der Waals surface area contributed by atoms with Gasteiger partial charge in [-0.25, -0.2) is 4.98 Å². The number of non-ortho nitro benzene ring substituents is 1. The Hall–Kier alpha value is -1.44. The molecule has 0 saturated heterocycles. The summed E-state index contributed by atoms with van der Waals surface area (Å²) < 4.78 is 2.83. The number of aryl methyl sites for hydroxylation is 1. The Bertz CT molecular complexity index is 580. The van der Waals surface area contributed by atoms with E-state index in [9.17, 15) is 10.1 Å². The van der Waals surface area contributed by atoms with Gasteiger partial charge in [-0.3, -0.25) is 10.1 Å². The van der Waals surface area contributed by atoms with Crippen LogP contribution < -0.4 is 0 Å². The van der Waals surface area contributed by atoms with Crippen LogP contribution in [0.3, 0.4) is 0 Å². The lowest BCUT2D eigenvalue weighted by Gasteiger charge is -2.09. The molecule has 0 unspecified atom stereocenters. The summed E-state index contributed by atoms with van der Waals surface area (Å²) in [5, 5.41) is 10.7. The number of nitrogens with zero attached hydrogens (tertiary/aromatic N) is 3. The van der Waals surface area contributed by atoms with Crippen molar-refractivity contribution in [3.8, 4) is 5.69 Å². The van der Waals surface area contributed by atoms with E-state index in [0.717, 1.165) is 27.9 Å². The number of halogens is 1. The van der Waals surface area contributed by atoms with Crippen molar-refractivity contribution < 1.29 is 4.92 Å². The van der Waals surface area contributed by atoms with Gasteiger partial charge < -0.3 is 4.57 Å². The molecule has 18 heavy (non-hydrogen) atoms. The topological polar surface area (TPSA) is 61.0 Å². The fourth-order valence-corrected chi connectivity index (χ4v) is 2.53. The lowest BCUT2D eigenvalue weighted by molar-refractivity contribution is -0.384. The smallest absolute Gasteiger partial charge is 0.270 e. The SMILES string of the molecule is CCCc1nccn1-c1ccc([N+](=O)[O-])cc1I. The van der Waals surface area contributed by atoms with Crippen LogP contribution in [0.1, 0.15) is 19.2 Å². The van der Waals surface area contributed by atoms with Crippen molar-refractivity contribution >= 4 is 28.3 Å². The van der Waals surface area contributed by atoms with E-state index in [4.69, 9.17) is 0 Å². The average Bonchev–Trinajstić information content (AvgIpc) is 2.77. The van der Waals surface area contributed by atoms with Gasteiger partial charge in [0.25, 0.3) is 5.69 Å². The van der Waals surface area contributed by atoms with Crippen LogP contribution in [0.15, 0.2) is 30.6 Å². The van der Waals surface area contributed by atoms with E-state index in [1.165, 1.54) is 6.07 Å². The highest BCUT2D eigenvalue weighted by Gasteiger charge is 2.12. The standard InChI is InChI=1S/C12H12IN3O2/c1-2-3-12-14-6-7-15(12)11-5-4-9(16(17)18)8-10(11)13/h4-8H,2-3H2,1H3. The molecule has 0 aliphatic heterocycles. The third-order valence-corrected chi connectivity index (χ3v) is 3.46. The summed E-state index contributed by atoms with van der Waals surface area (Å²) >= 11 is 2.11. The summed E-state index contributed by atoms with van der Waals surface area (Å²) in [5.41, 5.74) is 1.04. The first-order chi connectivity index (χ1) is 8.63.